The van der Waals surface area contributed by atoms with Crippen molar-refractivity contribution in [3.8, 4) is 0 Å². The molecule has 1 rings (SSSR count). The second kappa shape index (κ2) is 42.0. The van der Waals surface area contributed by atoms with Crippen LogP contribution in [0.25, 0.3) is 0 Å². The standard InChI is InChI=1S/C52H99NO10/c1-3-5-7-9-11-13-15-17-19-21-22-24-26-28-30-32-34-36-38-40-45(56)51(61)53-43(42-62-52-50(60)49(59)48(58)46(41-54)63-52)47(57)44(55)39-37-35-33-31-29-27-25-23-20-18-16-14-12-10-8-6-4-2/h22,24,31,33,43-50,52,54-60H,3-21,23,25-30,32,34-42H2,1-2H3,(H,53,61)/b24-22-,33-31+. The molecule has 1 saturated heterocycles. The molecule has 11 heteroatoms. The zero-order valence-corrected chi connectivity index (χ0v) is 40.3. The van der Waals surface area contributed by atoms with Gasteiger partial charge < -0.3 is 50.5 Å². The SMILES string of the molecule is CCCCCCCCCCC/C=C\CCCCCCCCC(O)C(=O)NC(COC1OC(CO)C(O)C(O)C1O)C(O)C(O)CCC/C=C/CCCCCCCCCCCCCC. The molecule has 1 amide bonds. The van der Waals surface area contributed by atoms with Gasteiger partial charge in [0.2, 0.25) is 5.91 Å². The molecule has 1 heterocycles. The van der Waals surface area contributed by atoms with E-state index in [0.717, 1.165) is 57.8 Å². The number of aliphatic hydroxyl groups is 7. The highest BCUT2D eigenvalue weighted by atomic mass is 16.7. The van der Waals surface area contributed by atoms with E-state index in [-0.39, 0.29) is 12.8 Å². The molecule has 9 atom stereocenters. The lowest BCUT2D eigenvalue weighted by Crippen LogP contribution is -2.60. The maximum absolute atomic E-state index is 13.1. The number of aliphatic hydroxyl groups excluding tert-OH is 7. The van der Waals surface area contributed by atoms with Gasteiger partial charge in [-0.25, -0.2) is 0 Å². The van der Waals surface area contributed by atoms with Gasteiger partial charge in [-0.15, -0.1) is 0 Å². The summed E-state index contributed by atoms with van der Waals surface area (Å²) in [6, 6.07) is -1.19. The van der Waals surface area contributed by atoms with E-state index < -0.39 is 74.2 Å². The molecule has 0 aromatic rings. The minimum absolute atomic E-state index is 0.248. The fourth-order valence-electron chi connectivity index (χ4n) is 8.38. The van der Waals surface area contributed by atoms with E-state index in [0.29, 0.717) is 12.8 Å². The Morgan fingerprint density at radius 1 is 0.540 bits per heavy atom. The maximum atomic E-state index is 13.1. The van der Waals surface area contributed by atoms with Gasteiger partial charge >= 0.3 is 0 Å². The lowest BCUT2D eigenvalue weighted by atomic mass is 9.98. The Bertz CT molecular complexity index is 1080. The van der Waals surface area contributed by atoms with E-state index in [1.54, 1.807) is 0 Å². The molecule has 0 saturated carbocycles. The van der Waals surface area contributed by atoms with E-state index in [4.69, 9.17) is 9.47 Å². The topological polar surface area (TPSA) is 189 Å². The molecule has 0 spiro atoms. The van der Waals surface area contributed by atoms with Gasteiger partial charge in [0.05, 0.1) is 25.4 Å². The summed E-state index contributed by atoms with van der Waals surface area (Å²) in [7, 11) is 0. The third kappa shape index (κ3) is 31.2. The highest BCUT2D eigenvalue weighted by Gasteiger charge is 2.44. The van der Waals surface area contributed by atoms with Gasteiger partial charge in [0.25, 0.3) is 0 Å². The van der Waals surface area contributed by atoms with Gasteiger partial charge in [0.1, 0.15) is 36.6 Å². The number of rotatable bonds is 44. The molecule has 0 bridgehead atoms. The number of amides is 1. The number of allylic oxidation sites excluding steroid dienone is 4. The van der Waals surface area contributed by atoms with Crippen molar-refractivity contribution in [2.45, 2.75) is 287 Å². The zero-order chi connectivity index (χ0) is 46.2. The Morgan fingerprint density at radius 3 is 1.37 bits per heavy atom. The molecule has 1 fully saturated rings. The first kappa shape index (κ1) is 59.6. The number of hydrogen-bond acceptors (Lipinski definition) is 10. The quantitative estimate of drug-likeness (QED) is 0.0216. The van der Waals surface area contributed by atoms with Crippen LogP contribution in [0.3, 0.4) is 0 Å². The maximum Gasteiger partial charge on any atom is 0.249 e. The molecule has 9 unspecified atom stereocenters. The smallest absolute Gasteiger partial charge is 0.249 e. The van der Waals surface area contributed by atoms with Crippen LogP contribution < -0.4 is 5.32 Å². The van der Waals surface area contributed by atoms with Crippen LogP contribution in [0.2, 0.25) is 0 Å². The van der Waals surface area contributed by atoms with Crippen molar-refractivity contribution in [1.29, 1.82) is 0 Å². The normalized spacial score (nSPS) is 21.3. The number of nitrogens with one attached hydrogen (secondary N) is 1. The van der Waals surface area contributed by atoms with Crippen molar-refractivity contribution < 1.29 is 50.0 Å². The first-order chi connectivity index (χ1) is 30.7. The Kier molecular flexibility index (Phi) is 39.7. The lowest BCUT2D eigenvalue weighted by Gasteiger charge is -2.40. The summed E-state index contributed by atoms with van der Waals surface area (Å²) < 4.78 is 11.1. The van der Waals surface area contributed by atoms with Crippen molar-refractivity contribution in [3.05, 3.63) is 24.3 Å². The van der Waals surface area contributed by atoms with E-state index >= 15 is 0 Å². The van der Waals surface area contributed by atoms with Crippen LogP contribution in [0.4, 0.5) is 0 Å². The monoisotopic (exact) mass is 898 g/mol. The van der Waals surface area contributed by atoms with Crippen LogP contribution in [0.1, 0.15) is 232 Å². The zero-order valence-electron chi connectivity index (χ0n) is 40.3. The van der Waals surface area contributed by atoms with Crippen LogP contribution in [-0.4, -0.2) is 110 Å². The molecular formula is C52H99NO10. The van der Waals surface area contributed by atoms with Crippen molar-refractivity contribution in [3.63, 3.8) is 0 Å². The van der Waals surface area contributed by atoms with Crippen molar-refractivity contribution >= 4 is 5.91 Å². The van der Waals surface area contributed by atoms with Crippen molar-refractivity contribution in [2.24, 2.45) is 0 Å². The molecule has 1 aliphatic rings. The van der Waals surface area contributed by atoms with Crippen LogP contribution in [-0.2, 0) is 14.3 Å². The number of unbranched alkanes of at least 4 members (excludes halogenated alkanes) is 28. The Hall–Kier alpha value is -1.41. The highest BCUT2D eigenvalue weighted by molar-refractivity contribution is 5.80. The van der Waals surface area contributed by atoms with Gasteiger partial charge in [0.15, 0.2) is 6.29 Å². The molecule has 0 aromatic heterocycles. The van der Waals surface area contributed by atoms with Gasteiger partial charge in [-0.3, -0.25) is 4.79 Å². The van der Waals surface area contributed by atoms with Crippen LogP contribution >= 0.6 is 0 Å². The second-order valence-electron chi connectivity index (χ2n) is 18.6. The predicted octanol–water partition coefficient (Wildman–Crippen LogP) is 9.79. The lowest BCUT2D eigenvalue weighted by molar-refractivity contribution is -0.303. The molecule has 0 aliphatic carbocycles. The third-order valence-corrected chi connectivity index (χ3v) is 12.7. The summed E-state index contributed by atoms with van der Waals surface area (Å²) in [4.78, 5) is 13.1. The van der Waals surface area contributed by atoms with Crippen LogP contribution in [0.15, 0.2) is 24.3 Å². The molecule has 63 heavy (non-hydrogen) atoms. The van der Waals surface area contributed by atoms with E-state index in [9.17, 15) is 40.5 Å². The molecule has 0 radical (unpaired) electrons. The average Bonchev–Trinajstić information content (AvgIpc) is 3.28. The Morgan fingerprint density at radius 2 is 0.937 bits per heavy atom. The summed E-state index contributed by atoms with van der Waals surface area (Å²) >= 11 is 0. The van der Waals surface area contributed by atoms with E-state index in [1.165, 1.54) is 135 Å². The summed E-state index contributed by atoms with van der Waals surface area (Å²) in [5, 5.41) is 75.9. The predicted molar refractivity (Wildman–Crippen MR) is 256 cm³/mol. The third-order valence-electron chi connectivity index (χ3n) is 12.7. The first-order valence-electron chi connectivity index (χ1n) is 26.2. The molecule has 8 N–H and O–H groups in total. The second-order valence-corrected chi connectivity index (χ2v) is 18.6. The number of ether oxygens (including phenoxy) is 2. The minimum atomic E-state index is -1.67. The highest BCUT2D eigenvalue weighted by Crippen LogP contribution is 2.23. The molecular weight excluding hydrogens is 799 g/mol. The van der Waals surface area contributed by atoms with Crippen LogP contribution in [0, 0.1) is 0 Å². The minimum Gasteiger partial charge on any atom is -0.394 e. The molecule has 0 aromatic carbocycles. The van der Waals surface area contributed by atoms with E-state index in [1.807, 2.05) is 0 Å². The fraction of sp³-hybridized carbons (Fsp3) is 0.904. The van der Waals surface area contributed by atoms with Crippen molar-refractivity contribution in [1.82, 2.24) is 5.32 Å². The van der Waals surface area contributed by atoms with Gasteiger partial charge in [-0.2, -0.15) is 0 Å². The van der Waals surface area contributed by atoms with E-state index in [2.05, 4.69) is 43.5 Å². The van der Waals surface area contributed by atoms with Gasteiger partial charge in [-0.05, 0) is 64.2 Å². The van der Waals surface area contributed by atoms with Crippen LogP contribution in [0.5, 0.6) is 0 Å². The summed E-state index contributed by atoms with van der Waals surface area (Å²) in [6.45, 7) is 3.44. The van der Waals surface area contributed by atoms with Crippen molar-refractivity contribution in [2.75, 3.05) is 13.2 Å². The number of hydrogen-bond donors (Lipinski definition) is 8. The fourth-order valence-corrected chi connectivity index (χ4v) is 8.38. The number of carbonyl (C=O) groups excluding carboxylic acids is 1. The van der Waals surface area contributed by atoms with Gasteiger partial charge in [-0.1, -0.05) is 192 Å². The number of carbonyl (C=O) groups is 1. The van der Waals surface area contributed by atoms with Gasteiger partial charge in [0, 0.05) is 0 Å². The summed E-state index contributed by atoms with van der Waals surface area (Å²) in [6.07, 6.45) is 36.5. The summed E-state index contributed by atoms with van der Waals surface area (Å²) in [5.41, 5.74) is 0. The average molecular weight is 898 g/mol. The molecule has 372 valence electrons. The first-order valence-corrected chi connectivity index (χ1v) is 26.2. The molecule has 1 aliphatic heterocycles. The Balaban J connectivity index is 2.41. The Labute approximate surface area is 384 Å². The largest absolute Gasteiger partial charge is 0.394 e. The molecule has 11 nitrogen and oxygen atoms in total. The summed E-state index contributed by atoms with van der Waals surface area (Å²) in [5.74, 6) is -0.710.